The second-order valence-corrected chi connectivity index (χ2v) is 6.24. The predicted octanol–water partition coefficient (Wildman–Crippen LogP) is 2.96. The topological polar surface area (TPSA) is 90.1 Å². The number of rotatable bonds is 5. The zero-order valence-corrected chi connectivity index (χ0v) is 15.8. The van der Waals surface area contributed by atoms with Crippen LogP contribution in [0.25, 0.3) is 10.9 Å². The molecule has 9 heteroatoms. The van der Waals surface area contributed by atoms with Gasteiger partial charge in [0.25, 0.3) is 5.56 Å². The maximum absolute atomic E-state index is 12.2. The first-order chi connectivity index (χ1) is 12.0. The maximum atomic E-state index is 12.2. The molecule has 0 saturated heterocycles. The molecule has 2 aromatic carbocycles. The molecule has 0 unspecified atom stereocenters. The highest BCUT2D eigenvalue weighted by Crippen LogP contribution is 2.24. The zero-order valence-electron chi connectivity index (χ0n) is 13.5. The van der Waals surface area contributed by atoms with Gasteiger partial charge in [0.15, 0.2) is 0 Å². The molecule has 1 aromatic heterocycles. The fraction of sp³-hybridized carbons (Fsp3) is 0.176. The van der Waals surface area contributed by atoms with Gasteiger partial charge in [-0.25, -0.2) is 4.79 Å². The van der Waals surface area contributed by atoms with Crippen LogP contribution in [0.4, 0.5) is 0 Å². The summed E-state index contributed by atoms with van der Waals surface area (Å²) in [6, 6.07) is 10.4. The van der Waals surface area contributed by atoms with Crippen LogP contribution in [0, 0.1) is 0 Å². The Hall–Kier alpha value is -1.99. The van der Waals surface area contributed by atoms with Crippen LogP contribution < -0.4 is 21.7 Å². The van der Waals surface area contributed by atoms with Gasteiger partial charge in [-0.05, 0) is 29.8 Å². The van der Waals surface area contributed by atoms with Gasteiger partial charge in [-0.15, -0.1) is 12.4 Å². The van der Waals surface area contributed by atoms with Gasteiger partial charge in [-0.2, -0.15) is 0 Å². The van der Waals surface area contributed by atoms with Gasteiger partial charge in [-0.1, -0.05) is 35.3 Å². The van der Waals surface area contributed by atoms with E-state index in [2.05, 4.69) is 4.98 Å². The van der Waals surface area contributed by atoms with Gasteiger partial charge in [0.05, 0.1) is 22.5 Å². The maximum Gasteiger partial charge on any atom is 0.328 e. The summed E-state index contributed by atoms with van der Waals surface area (Å²) in [5.74, 6) is 0.654. The van der Waals surface area contributed by atoms with E-state index in [0.29, 0.717) is 22.8 Å². The summed E-state index contributed by atoms with van der Waals surface area (Å²) >= 11 is 12.1. The Bertz CT molecular complexity index is 1050. The van der Waals surface area contributed by atoms with Crippen LogP contribution >= 0.6 is 35.6 Å². The van der Waals surface area contributed by atoms with Gasteiger partial charge < -0.3 is 10.5 Å². The largest absolute Gasteiger partial charge is 0.492 e. The zero-order chi connectivity index (χ0) is 18.0. The van der Waals surface area contributed by atoms with Crippen LogP contribution in [0.15, 0.2) is 46.0 Å². The van der Waals surface area contributed by atoms with E-state index in [9.17, 15) is 9.59 Å². The first kappa shape index (κ1) is 20.3. The number of aromatic nitrogens is 2. The Balaban J connectivity index is 0.00000243. The smallest absolute Gasteiger partial charge is 0.328 e. The lowest BCUT2D eigenvalue weighted by Crippen LogP contribution is -2.32. The first-order valence-corrected chi connectivity index (χ1v) is 8.29. The number of halogens is 3. The summed E-state index contributed by atoms with van der Waals surface area (Å²) < 4.78 is 7.05. The standard InChI is InChI=1S/C17H15Cl2N3O3.ClH/c18-11-7-13(19)15-14(8-11)22(17(24)21-16(15)23)4-5-25-12-3-1-2-10(6-12)9-20;/h1-3,6-8H,4-5,9,20H2,(H,21,23,24);1H. The highest BCUT2D eigenvalue weighted by Gasteiger charge is 2.12. The van der Waals surface area contributed by atoms with E-state index in [-0.39, 0.29) is 36.0 Å². The molecular formula is C17H16Cl3N3O3. The van der Waals surface area contributed by atoms with E-state index in [4.69, 9.17) is 33.7 Å². The van der Waals surface area contributed by atoms with Crippen molar-refractivity contribution >= 4 is 46.5 Å². The number of nitrogens with one attached hydrogen (secondary N) is 1. The quantitative estimate of drug-likeness (QED) is 0.669. The second-order valence-electron chi connectivity index (χ2n) is 5.39. The number of H-pyrrole nitrogens is 1. The van der Waals surface area contributed by atoms with E-state index in [1.807, 2.05) is 18.2 Å². The molecule has 3 aromatic rings. The van der Waals surface area contributed by atoms with Gasteiger partial charge in [0, 0.05) is 11.6 Å². The van der Waals surface area contributed by atoms with Crippen LogP contribution in [0.1, 0.15) is 5.56 Å². The lowest BCUT2D eigenvalue weighted by molar-refractivity contribution is 0.297. The molecule has 0 saturated carbocycles. The molecule has 6 nitrogen and oxygen atoms in total. The van der Waals surface area contributed by atoms with Crippen molar-refractivity contribution in [1.82, 2.24) is 9.55 Å². The fourth-order valence-corrected chi connectivity index (χ4v) is 3.14. The van der Waals surface area contributed by atoms with Crippen LogP contribution in [-0.2, 0) is 13.1 Å². The lowest BCUT2D eigenvalue weighted by Gasteiger charge is -2.12. The minimum absolute atomic E-state index is 0. The predicted molar refractivity (Wildman–Crippen MR) is 106 cm³/mol. The lowest BCUT2D eigenvalue weighted by atomic mass is 10.2. The third-order valence-electron chi connectivity index (χ3n) is 3.74. The summed E-state index contributed by atoms with van der Waals surface area (Å²) in [5, 5.41) is 0.748. The second kappa shape index (κ2) is 8.60. The molecule has 3 rings (SSSR count). The molecule has 0 atom stereocenters. The van der Waals surface area contributed by atoms with Crippen LogP contribution in [-0.4, -0.2) is 16.2 Å². The van der Waals surface area contributed by atoms with Crippen molar-refractivity contribution in [2.45, 2.75) is 13.1 Å². The van der Waals surface area contributed by atoms with Gasteiger partial charge in [0.1, 0.15) is 12.4 Å². The van der Waals surface area contributed by atoms with Crippen molar-refractivity contribution in [1.29, 1.82) is 0 Å². The number of hydrogen-bond acceptors (Lipinski definition) is 4. The van der Waals surface area contributed by atoms with E-state index >= 15 is 0 Å². The van der Waals surface area contributed by atoms with Crippen molar-refractivity contribution in [3.8, 4) is 5.75 Å². The molecule has 0 radical (unpaired) electrons. The number of hydrogen-bond donors (Lipinski definition) is 2. The molecule has 1 heterocycles. The number of aromatic amines is 1. The summed E-state index contributed by atoms with van der Waals surface area (Å²) in [7, 11) is 0. The van der Waals surface area contributed by atoms with Crippen molar-refractivity contribution in [3.63, 3.8) is 0 Å². The average molecular weight is 417 g/mol. The SMILES string of the molecule is Cl.NCc1cccc(OCCn2c(=O)[nH]c(=O)c3c(Cl)cc(Cl)cc32)c1. The Morgan fingerprint density at radius 2 is 1.92 bits per heavy atom. The number of nitrogens with zero attached hydrogens (tertiary/aromatic N) is 1. The third-order valence-corrected chi connectivity index (χ3v) is 4.25. The van der Waals surface area contributed by atoms with Gasteiger partial charge in [-0.3, -0.25) is 14.3 Å². The summed E-state index contributed by atoms with van der Waals surface area (Å²) in [6.45, 7) is 0.854. The summed E-state index contributed by atoms with van der Waals surface area (Å²) in [6.07, 6.45) is 0. The number of nitrogens with two attached hydrogens (primary N) is 1. The molecule has 0 spiro atoms. The highest BCUT2D eigenvalue weighted by atomic mass is 35.5. The Morgan fingerprint density at radius 1 is 1.15 bits per heavy atom. The van der Waals surface area contributed by atoms with E-state index < -0.39 is 11.2 Å². The van der Waals surface area contributed by atoms with Gasteiger partial charge in [0.2, 0.25) is 0 Å². The van der Waals surface area contributed by atoms with E-state index in [1.54, 1.807) is 6.07 Å². The molecule has 0 aliphatic carbocycles. The molecule has 26 heavy (non-hydrogen) atoms. The summed E-state index contributed by atoms with van der Waals surface area (Å²) in [4.78, 5) is 26.4. The number of ether oxygens (including phenoxy) is 1. The van der Waals surface area contributed by atoms with E-state index in [0.717, 1.165) is 5.56 Å². The Kier molecular flexibility index (Phi) is 6.72. The molecule has 0 fully saturated rings. The van der Waals surface area contributed by atoms with Crippen LogP contribution in [0.3, 0.4) is 0 Å². The van der Waals surface area contributed by atoms with Crippen LogP contribution in [0.2, 0.25) is 10.0 Å². The average Bonchev–Trinajstić information content (AvgIpc) is 2.57. The third kappa shape index (κ3) is 4.22. The Labute approximate surface area is 164 Å². The minimum Gasteiger partial charge on any atom is -0.492 e. The van der Waals surface area contributed by atoms with Gasteiger partial charge >= 0.3 is 5.69 Å². The van der Waals surface area contributed by atoms with Crippen molar-refractivity contribution in [2.75, 3.05) is 6.61 Å². The molecule has 0 amide bonds. The number of fused-ring (bicyclic) bond motifs is 1. The fourth-order valence-electron chi connectivity index (χ4n) is 2.57. The normalized spacial score (nSPS) is 10.6. The van der Waals surface area contributed by atoms with Crippen molar-refractivity contribution < 1.29 is 4.74 Å². The van der Waals surface area contributed by atoms with Crippen LogP contribution in [0.5, 0.6) is 5.75 Å². The Morgan fingerprint density at radius 3 is 2.65 bits per heavy atom. The highest BCUT2D eigenvalue weighted by molar-refractivity contribution is 6.38. The number of benzene rings is 2. The first-order valence-electron chi connectivity index (χ1n) is 7.53. The van der Waals surface area contributed by atoms with Crippen molar-refractivity contribution in [3.05, 3.63) is 72.8 Å². The summed E-state index contributed by atoms with van der Waals surface area (Å²) in [5.41, 5.74) is 5.82. The molecule has 3 N–H and O–H groups in total. The van der Waals surface area contributed by atoms with Crippen molar-refractivity contribution in [2.24, 2.45) is 5.73 Å². The molecular weight excluding hydrogens is 401 g/mol. The monoisotopic (exact) mass is 415 g/mol. The molecule has 0 aliphatic rings. The van der Waals surface area contributed by atoms with E-state index in [1.165, 1.54) is 16.7 Å². The minimum atomic E-state index is -0.547. The molecule has 138 valence electrons. The molecule has 0 bridgehead atoms. The molecule has 0 aliphatic heterocycles.